The fourth-order valence-corrected chi connectivity index (χ4v) is 2.50. The molecule has 0 unspecified atom stereocenters. The largest absolute Gasteiger partial charge is 0.289 e. The van der Waals surface area contributed by atoms with Crippen molar-refractivity contribution in [2.75, 3.05) is 0 Å². The van der Waals surface area contributed by atoms with Gasteiger partial charge < -0.3 is 0 Å². The van der Waals surface area contributed by atoms with Crippen molar-refractivity contribution >= 4 is 5.91 Å². The number of hydroxylamine groups is 1. The van der Waals surface area contributed by atoms with E-state index in [0.29, 0.717) is 19.4 Å². The van der Waals surface area contributed by atoms with Gasteiger partial charge in [0.1, 0.15) is 0 Å². The van der Waals surface area contributed by atoms with Crippen molar-refractivity contribution in [3.63, 3.8) is 0 Å². The van der Waals surface area contributed by atoms with Crippen LogP contribution in [-0.2, 0) is 23.2 Å². The molecule has 0 saturated heterocycles. The summed E-state index contributed by atoms with van der Waals surface area (Å²) in [5, 5.41) is 16.8. The molecule has 0 radical (unpaired) electrons. The van der Waals surface area contributed by atoms with Gasteiger partial charge in [0.05, 0.1) is 12.2 Å². The summed E-state index contributed by atoms with van der Waals surface area (Å²) in [5.74, 6) is -0.350. The molecule has 1 aromatic heterocycles. The van der Waals surface area contributed by atoms with Crippen LogP contribution in [0, 0.1) is 0 Å². The molecule has 130 valence electrons. The Morgan fingerprint density at radius 3 is 2.79 bits per heavy atom. The lowest BCUT2D eigenvalue weighted by atomic mass is 9.86. The first-order valence-electron chi connectivity index (χ1n) is 8.30. The summed E-state index contributed by atoms with van der Waals surface area (Å²) in [7, 11) is 0. The molecule has 2 aromatic rings. The SMILES string of the molecule is CC(C)(C)c1cccc(Cn2cc(CCCCC(=O)NO)nn2)c1. The smallest absolute Gasteiger partial charge is 0.243 e. The molecule has 1 aromatic carbocycles. The van der Waals surface area contributed by atoms with E-state index in [2.05, 4.69) is 55.3 Å². The van der Waals surface area contributed by atoms with Gasteiger partial charge in [0.25, 0.3) is 0 Å². The average Bonchev–Trinajstić information content (AvgIpc) is 2.98. The highest BCUT2D eigenvalue weighted by Gasteiger charge is 2.13. The molecule has 0 fully saturated rings. The van der Waals surface area contributed by atoms with E-state index in [1.165, 1.54) is 11.1 Å². The minimum absolute atomic E-state index is 0.129. The van der Waals surface area contributed by atoms with Gasteiger partial charge in [0.15, 0.2) is 0 Å². The molecule has 1 amide bonds. The Hall–Kier alpha value is -2.21. The van der Waals surface area contributed by atoms with Gasteiger partial charge in [-0.05, 0) is 35.8 Å². The molecule has 6 heteroatoms. The zero-order valence-corrected chi connectivity index (χ0v) is 14.6. The Balaban J connectivity index is 1.89. The van der Waals surface area contributed by atoms with Crippen LogP contribution in [0.3, 0.4) is 0 Å². The zero-order chi connectivity index (χ0) is 17.6. The maximum Gasteiger partial charge on any atom is 0.243 e. The number of aryl methyl sites for hydroxylation is 1. The lowest BCUT2D eigenvalue weighted by Gasteiger charge is -2.19. The number of aromatic nitrogens is 3. The molecule has 2 rings (SSSR count). The van der Waals surface area contributed by atoms with Gasteiger partial charge in [-0.2, -0.15) is 0 Å². The quantitative estimate of drug-likeness (QED) is 0.465. The van der Waals surface area contributed by atoms with Gasteiger partial charge in [-0.15, -0.1) is 5.10 Å². The first-order chi connectivity index (χ1) is 11.4. The summed E-state index contributed by atoms with van der Waals surface area (Å²) in [6, 6.07) is 8.55. The van der Waals surface area contributed by atoms with Crippen LogP contribution in [-0.4, -0.2) is 26.1 Å². The topological polar surface area (TPSA) is 80.0 Å². The average molecular weight is 330 g/mol. The summed E-state index contributed by atoms with van der Waals surface area (Å²) in [6.07, 6.45) is 4.61. The maximum atomic E-state index is 10.9. The van der Waals surface area contributed by atoms with Gasteiger partial charge in [-0.3, -0.25) is 10.0 Å². The van der Waals surface area contributed by atoms with Crippen molar-refractivity contribution in [3.05, 3.63) is 47.3 Å². The van der Waals surface area contributed by atoms with Crippen molar-refractivity contribution in [1.29, 1.82) is 0 Å². The predicted molar refractivity (Wildman–Crippen MR) is 91.8 cm³/mol. The van der Waals surface area contributed by atoms with Crippen molar-refractivity contribution in [3.8, 4) is 0 Å². The number of hydrogen-bond donors (Lipinski definition) is 2. The number of carbonyl (C=O) groups is 1. The molecule has 6 nitrogen and oxygen atoms in total. The Labute approximate surface area is 142 Å². The number of carbonyl (C=O) groups excluding carboxylic acids is 1. The van der Waals surface area contributed by atoms with Crippen molar-refractivity contribution in [2.24, 2.45) is 0 Å². The van der Waals surface area contributed by atoms with Crippen LogP contribution in [0.5, 0.6) is 0 Å². The molecule has 0 atom stereocenters. The Morgan fingerprint density at radius 2 is 2.08 bits per heavy atom. The molecular formula is C18H26N4O2. The highest BCUT2D eigenvalue weighted by molar-refractivity contribution is 5.74. The first-order valence-corrected chi connectivity index (χ1v) is 8.30. The van der Waals surface area contributed by atoms with E-state index in [9.17, 15) is 4.79 Å². The first kappa shape index (κ1) is 18.1. The van der Waals surface area contributed by atoms with Gasteiger partial charge in [0.2, 0.25) is 5.91 Å². The van der Waals surface area contributed by atoms with Gasteiger partial charge >= 0.3 is 0 Å². The molecule has 0 spiro atoms. The zero-order valence-electron chi connectivity index (χ0n) is 14.6. The van der Waals surface area contributed by atoms with E-state index in [1.807, 2.05) is 10.9 Å². The lowest BCUT2D eigenvalue weighted by molar-refractivity contribution is -0.129. The predicted octanol–water partition coefficient (Wildman–Crippen LogP) is 2.84. The third-order valence-electron chi connectivity index (χ3n) is 3.94. The van der Waals surface area contributed by atoms with Crippen molar-refractivity contribution in [1.82, 2.24) is 20.5 Å². The van der Waals surface area contributed by atoms with E-state index < -0.39 is 0 Å². The number of amides is 1. The minimum Gasteiger partial charge on any atom is -0.289 e. The summed E-state index contributed by atoms with van der Waals surface area (Å²) in [5.41, 5.74) is 5.21. The monoisotopic (exact) mass is 330 g/mol. The van der Waals surface area contributed by atoms with Crippen molar-refractivity contribution < 1.29 is 10.0 Å². The van der Waals surface area contributed by atoms with E-state index in [0.717, 1.165) is 18.5 Å². The molecule has 0 saturated carbocycles. The summed E-state index contributed by atoms with van der Waals surface area (Å²) in [6.45, 7) is 7.31. The third kappa shape index (κ3) is 5.45. The Bertz CT molecular complexity index is 674. The number of benzene rings is 1. The number of rotatable bonds is 7. The van der Waals surface area contributed by atoms with E-state index in [4.69, 9.17) is 5.21 Å². The van der Waals surface area contributed by atoms with E-state index >= 15 is 0 Å². The minimum atomic E-state index is -0.350. The van der Waals surface area contributed by atoms with E-state index in [1.54, 1.807) is 5.48 Å². The standard InChI is InChI=1S/C18H26N4O2/c1-18(2,3)15-8-6-7-14(11-15)12-22-13-16(19-21-22)9-4-5-10-17(23)20-24/h6-8,11,13,24H,4-5,9-10,12H2,1-3H3,(H,20,23). The maximum absolute atomic E-state index is 10.9. The molecular weight excluding hydrogens is 304 g/mol. The molecule has 0 aliphatic heterocycles. The molecule has 2 N–H and O–H groups in total. The van der Waals surface area contributed by atoms with Crippen LogP contribution in [0.15, 0.2) is 30.5 Å². The number of hydrogen-bond acceptors (Lipinski definition) is 4. The Kier molecular flexibility index (Phi) is 6.09. The third-order valence-corrected chi connectivity index (χ3v) is 3.94. The van der Waals surface area contributed by atoms with Crippen LogP contribution >= 0.6 is 0 Å². The molecule has 24 heavy (non-hydrogen) atoms. The lowest BCUT2D eigenvalue weighted by Crippen LogP contribution is -2.17. The number of nitrogens with zero attached hydrogens (tertiary/aromatic N) is 3. The van der Waals surface area contributed by atoms with Gasteiger partial charge in [-0.1, -0.05) is 50.3 Å². The molecule has 1 heterocycles. The van der Waals surface area contributed by atoms with Crippen molar-refractivity contribution in [2.45, 2.75) is 58.4 Å². The highest BCUT2D eigenvalue weighted by Crippen LogP contribution is 2.23. The fourth-order valence-electron chi connectivity index (χ4n) is 2.50. The van der Waals surface area contributed by atoms with Crippen LogP contribution in [0.1, 0.15) is 56.9 Å². The van der Waals surface area contributed by atoms with Crippen LogP contribution in [0.2, 0.25) is 0 Å². The summed E-state index contributed by atoms with van der Waals surface area (Å²) in [4.78, 5) is 10.9. The number of unbranched alkanes of at least 4 members (excludes halogenated alkanes) is 1. The van der Waals surface area contributed by atoms with Crippen LogP contribution < -0.4 is 5.48 Å². The fraction of sp³-hybridized carbons (Fsp3) is 0.500. The number of nitrogens with one attached hydrogen (secondary N) is 1. The van der Waals surface area contributed by atoms with Crippen LogP contribution in [0.25, 0.3) is 0 Å². The normalized spacial score (nSPS) is 11.5. The molecule has 0 aliphatic rings. The summed E-state index contributed by atoms with van der Waals surface area (Å²) >= 11 is 0. The van der Waals surface area contributed by atoms with Gasteiger partial charge in [0, 0.05) is 12.6 Å². The summed E-state index contributed by atoms with van der Waals surface area (Å²) < 4.78 is 1.84. The second kappa shape index (κ2) is 8.06. The Morgan fingerprint density at radius 1 is 1.29 bits per heavy atom. The second-order valence-corrected chi connectivity index (χ2v) is 7.10. The second-order valence-electron chi connectivity index (χ2n) is 7.10. The van der Waals surface area contributed by atoms with E-state index in [-0.39, 0.29) is 11.3 Å². The van der Waals surface area contributed by atoms with Crippen LogP contribution in [0.4, 0.5) is 0 Å². The molecule has 0 bridgehead atoms. The molecule has 0 aliphatic carbocycles. The highest BCUT2D eigenvalue weighted by atomic mass is 16.5. The van der Waals surface area contributed by atoms with Gasteiger partial charge in [-0.25, -0.2) is 10.2 Å².